The molecule has 5 rings (SSSR count). The number of aliphatic hydroxyl groups excluding tert-OH is 1. The molecule has 4 nitrogen and oxygen atoms in total. The van der Waals surface area contributed by atoms with E-state index in [4.69, 9.17) is 13.9 Å². The van der Waals surface area contributed by atoms with E-state index in [1.807, 2.05) is 0 Å². The maximum absolute atomic E-state index is 11.6. The Morgan fingerprint density at radius 1 is 0.977 bits per heavy atom. The molecule has 1 heterocycles. The Morgan fingerprint density at radius 2 is 1.72 bits per heavy atom. The number of hydrogen-bond acceptors (Lipinski definition) is 4. The molecule has 0 bridgehead atoms. The summed E-state index contributed by atoms with van der Waals surface area (Å²) in [5.74, 6) is 3.64. The van der Waals surface area contributed by atoms with Gasteiger partial charge in [0, 0.05) is 13.2 Å². The van der Waals surface area contributed by atoms with Crippen LogP contribution in [0.4, 0.5) is 0 Å². The molecule has 1 unspecified atom stereocenters. The van der Waals surface area contributed by atoms with Gasteiger partial charge in [0.25, 0.3) is 0 Å². The lowest BCUT2D eigenvalue weighted by Crippen LogP contribution is -2.44. The molecule has 1 aromatic carbocycles. The van der Waals surface area contributed by atoms with Crippen LogP contribution in [-0.2, 0) is 15.9 Å². The van der Waals surface area contributed by atoms with Gasteiger partial charge in [-0.3, -0.25) is 0 Å². The number of rotatable bonds is 13. The Kier molecular flexibility index (Phi) is 11.1. The number of unbranched alkanes of at least 4 members (excludes halogenated alkanes) is 6. The van der Waals surface area contributed by atoms with Crippen molar-refractivity contribution in [2.75, 3.05) is 13.2 Å². The van der Waals surface area contributed by atoms with Crippen LogP contribution in [0.15, 0.2) is 18.2 Å². The summed E-state index contributed by atoms with van der Waals surface area (Å²) < 4.78 is 18.2. The summed E-state index contributed by atoms with van der Waals surface area (Å²) in [6, 6.07) is 7.06. The minimum atomic E-state index is -1.84. The quantitative estimate of drug-likeness (QED) is 0.178. The van der Waals surface area contributed by atoms with Gasteiger partial charge in [0.05, 0.1) is 6.10 Å². The van der Waals surface area contributed by atoms with Gasteiger partial charge in [-0.05, 0) is 135 Å². The molecule has 4 aliphatic rings. The molecular weight excluding hydrogens is 549 g/mol. The molecule has 1 saturated heterocycles. The fraction of sp³-hybridized carbons (Fsp3) is 0.842. The zero-order valence-corrected chi connectivity index (χ0v) is 29.6. The second-order valence-electron chi connectivity index (χ2n) is 16.6. The Hall–Kier alpha value is -0.883. The van der Waals surface area contributed by atoms with Crippen molar-refractivity contribution < 1.29 is 19.0 Å². The SMILES string of the molecule is CC(C)(C)[Si](C)(C)Oc1ccc2c(c1)CC[C@@H]1[C@@H]2CC[C@]2(C)[C@@H](O)[C@@H](CCCCCCCCCOC3CCCCO3)C[C@@H]12. The van der Waals surface area contributed by atoms with E-state index in [0.717, 1.165) is 37.7 Å². The molecule has 0 spiro atoms. The molecule has 5 heteroatoms. The second kappa shape index (κ2) is 14.3. The number of hydrogen-bond donors (Lipinski definition) is 1. The summed E-state index contributed by atoms with van der Waals surface area (Å²) in [4.78, 5) is 0. The summed E-state index contributed by atoms with van der Waals surface area (Å²) in [6.45, 7) is 15.8. The van der Waals surface area contributed by atoms with E-state index < -0.39 is 8.32 Å². The second-order valence-corrected chi connectivity index (χ2v) is 21.3. The fourth-order valence-corrected chi connectivity index (χ4v) is 9.97. The number of aryl methyl sites for hydroxylation is 1. The van der Waals surface area contributed by atoms with Crippen molar-refractivity contribution in [1.82, 2.24) is 0 Å². The van der Waals surface area contributed by atoms with E-state index >= 15 is 0 Å². The zero-order chi connectivity index (χ0) is 30.7. The highest BCUT2D eigenvalue weighted by atomic mass is 28.4. The van der Waals surface area contributed by atoms with Crippen LogP contribution in [0.1, 0.15) is 141 Å². The molecule has 1 N–H and O–H groups in total. The van der Waals surface area contributed by atoms with Gasteiger partial charge in [0.15, 0.2) is 6.29 Å². The summed E-state index contributed by atoms with van der Waals surface area (Å²) in [5.41, 5.74) is 3.23. The molecule has 0 amide bonds. The van der Waals surface area contributed by atoms with Crippen LogP contribution in [0.5, 0.6) is 5.75 Å². The predicted octanol–water partition coefficient (Wildman–Crippen LogP) is 10.2. The van der Waals surface area contributed by atoms with Crippen molar-refractivity contribution in [2.24, 2.45) is 23.2 Å². The lowest BCUT2D eigenvalue weighted by Gasteiger charge is -2.50. The molecule has 43 heavy (non-hydrogen) atoms. The lowest BCUT2D eigenvalue weighted by molar-refractivity contribution is -0.162. The molecule has 0 aromatic heterocycles. The van der Waals surface area contributed by atoms with Crippen LogP contribution in [0.2, 0.25) is 18.1 Å². The van der Waals surface area contributed by atoms with Gasteiger partial charge < -0.3 is 19.0 Å². The summed E-state index contributed by atoms with van der Waals surface area (Å²) >= 11 is 0. The van der Waals surface area contributed by atoms with Crippen molar-refractivity contribution >= 4 is 8.32 Å². The number of fused-ring (bicyclic) bond motifs is 5. The van der Waals surface area contributed by atoms with E-state index in [1.165, 1.54) is 95.5 Å². The first-order valence-corrected chi connectivity index (χ1v) is 21.1. The molecule has 1 aliphatic heterocycles. The van der Waals surface area contributed by atoms with Crippen molar-refractivity contribution in [3.8, 4) is 5.75 Å². The van der Waals surface area contributed by atoms with Gasteiger partial charge >= 0.3 is 0 Å². The Labute approximate surface area is 265 Å². The van der Waals surface area contributed by atoms with E-state index in [2.05, 4.69) is 59.0 Å². The first-order chi connectivity index (χ1) is 20.5. The standard InChI is InChI=1S/C38H64O4Si/c1-37(2,3)43(5,6)42-30-19-21-31-28(26-30)18-20-33-32(31)22-23-38(4)34(33)27-29(36(38)39)16-12-10-8-7-9-11-14-24-40-35-17-13-15-25-41-35/h19,21,26,29,32-36,39H,7-18,20,22-25,27H2,1-6H3/t29-,32+,33+,34-,35?,36-,38-/m0/s1. The Bertz CT molecular complexity index is 1030. The zero-order valence-electron chi connectivity index (χ0n) is 28.6. The van der Waals surface area contributed by atoms with Gasteiger partial charge in [0.2, 0.25) is 8.32 Å². The number of ether oxygens (including phenoxy) is 2. The maximum Gasteiger partial charge on any atom is 0.250 e. The van der Waals surface area contributed by atoms with Crippen molar-refractivity contribution in [2.45, 2.75) is 167 Å². The van der Waals surface area contributed by atoms with E-state index in [1.54, 1.807) is 5.56 Å². The topological polar surface area (TPSA) is 47.9 Å². The Morgan fingerprint density at radius 3 is 2.44 bits per heavy atom. The highest BCUT2D eigenvalue weighted by Crippen LogP contribution is 2.63. The fourth-order valence-electron chi connectivity index (χ4n) is 8.95. The van der Waals surface area contributed by atoms with Gasteiger partial charge in [-0.25, -0.2) is 0 Å². The summed E-state index contributed by atoms with van der Waals surface area (Å²) in [6.07, 6.45) is 19.7. The predicted molar refractivity (Wildman–Crippen MR) is 180 cm³/mol. The minimum absolute atomic E-state index is 0.0614. The first kappa shape index (κ1) is 33.5. The molecule has 0 radical (unpaired) electrons. The molecular formula is C38H64O4Si. The summed E-state index contributed by atoms with van der Waals surface area (Å²) in [7, 11) is -1.84. The highest BCUT2D eigenvalue weighted by Gasteiger charge is 2.57. The minimum Gasteiger partial charge on any atom is -0.543 e. The first-order valence-electron chi connectivity index (χ1n) is 18.2. The van der Waals surface area contributed by atoms with Crippen LogP contribution < -0.4 is 4.43 Å². The Balaban J connectivity index is 1.05. The largest absolute Gasteiger partial charge is 0.543 e. The third kappa shape index (κ3) is 7.75. The normalized spacial score (nSPS) is 32.6. The van der Waals surface area contributed by atoms with Crippen LogP contribution in [0.25, 0.3) is 0 Å². The molecule has 244 valence electrons. The average molecular weight is 613 g/mol. The van der Waals surface area contributed by atoms with Gasteiger partial charge in [0.1, 0.15) is 5.75 Å². The van der Waals surface area contributed by atoms with Crippen molar-refractivity contribution in [1.29, 1.82) is 0 Å². The highest BCUT2D eigenvalue weighted by molar-refractivity contribution is 6.74. The number of benzene rings is 1. The third-order valence-electron chi connectivity index (χ3n) is 12.7. The van der Waals surface area contributed by atoms with Crippen molar-refractivity contribution in [3.63, 3.8) is 0 Å². The monoisotopic (exact) mass is 612 g/mol. The molecule has 3 fully saturated rings. The van der Waals surface area contributed by atoms with Crippen molar-refractivity contribution in [3.05, 3.63) is 29.3 Å². The van der Waals surface area contributed by atoms with Crippen LogP contribution in [0.3, 0.4) is 0 Å². The van der Waals surface area contributed by atoms with Crippen LogP contribution in [0, 0.1) is 23.2 Å². The van der Waals surface area contributed by atoms with Gasteiger partial charge in [-0.15, -0.1) is 0 Å². The lowest BCUT2D eigenvalue weighted by atomic mass is 9.55. The maximum atomic E-state index is 11.6. The molecule has 1 aromatic rings. The van der Waals surface area contributed by atoms with Crippen LogP contribution in [-0.4, -0.2) is 39.0 Å². The van der Waals surface area contributed by atoms with Gasteiger partial charge in [-0.1, -0.05) is 72.3 Å². The molecule has 3 aliphatic carbocycles. The van der Waals surface area contributed by atoms with E-state index in [-0.39, 0.29) is 22.8 Å². The third-order valence-corrected chi connectivity index (χ3v) is 17.0. The van der Waals surface area contributed by atoms with E-state index in [0.29, 0.717) is 17.8 Å². The van der Waals surface area contributed by atoms with Crippen LogP contribution >= 0.6 is 0 Å². The number of aliphatic hydroxyl groups is 1. The summed E-state index contributed by atoms with van der Waals surface area (Å²) in [5, 5.41) is 11.8. The van der Waals surface area contributed by atoms with E-state index in [9.17, 15) is 5.11 Å². The van der Waals surface area contributed by atoms with Gasteiger partial charge in [-0.2, -0.15) is 0 Å². The molecule has 7 atom stereocenters. The molecule has 2 saturated carbocycles. The smallest absolute Gasteiger partial charge is 0.250 e. The average Bonchev–Trinajstić information content (AvgIpc) is 3.23.